The summed E-state index contributed by atoms with van der Waals surface area (Å²) in [6.45, 7) is 21.2. The summed E-state index contributed by atoms with van der Waals surface area (Å²) >= 11 is 0. The first-order valence-corrected chi connectivity index (χ1v) is 23.3. The smallest absolute Gasteiger partial charge is 0.337 e. The fourth-order valence-corrected chi connectivity index (χ4v) is 12.3. The fourth-order valence-electron chi connectivity index (χ4n) is 12.3. The second kappa shape index (κ2) is 12.4. The first-order chi connectivity index (χ1) is 30.6. The van der Waals surface area contributed by atoms with Crippen molar-refractivity contribution < 1.29 is 8.83 Å². The maximum Gasteiger partial charge on any atom is 0.337 e. The van der Waals surface area contributed by atoms with Crippen LogP contribution in [0.4, 0.5) is 28.6 Å². The summed E-state index contributed by atoms with van der Waals surface area (Å²) in [7, 11) is 0. The molecular weight excluding hydrogens is 779 g/mol. The zero-order valence-electron chi connectivity index (χ0n) is 38.4. The topological polar surface area (TPSA) is 32.8 Å². The molecular formula is C59H53BN2O2. The highest BCUT2D eigenvalue weighted by atomic mass is 16.4. The second-order valence-corrected chi connectivity index (χ2v) is 21.9. The van der Waals surface area contributed by atoms with E-state index in [1.165, 1.54) is 77.8 Å². The zero-order chi connectivity index (χ0) is 43.8. The fraction of sp³-hybridized carbons (Fsp3) is 0.254. The van der Waals surface area contributed by atoms with Crippen LogP contribution in [-0.4, -0.2) is 6.85 Å². The Morgan fingerprint density at radius 1 is 0.516 bits per heavy atom. The molecule has 314 valence electrons. The molecule has 0 N–H and O–H groups in total. The molecule has 9 aromatic rings. The molecule has 64 heavy (non-hydrogen) atoms. The number of hydrogen-bond donors (Lipinski definition) is 0. The van der Waals surface area contributed by atoms with Crippen molar-refractivity contribution in [1.82, 2.24) is 0 Å². The minimum atomic E-state index is -0.224. The average Bonchev–Trinajstić information content (AvgIpc) is 3.85. The van der Waals surface area contributed by atoms with Gasteiger partial charge in [-0.05, 0) is 116 Å². The molecule has 0 radical (unpaired) electrons. The van der Waals surface area contributed by atoms with Crippen LogP contribution in [-0.2, 0) is 21.7 Å². The lowest BCUT2D eigenvalue weighted by atomic mass is 9.42. The molecule has 4 nitrogen and oxygen atoms in total. The molecule has 0 atom stereocenters. The van der Waals surface area contributed by atoms with E-state index in [2.05, 4.69) is 205 Å². The molecule has 1 aliphatic carbocycles. The number of fused-ring (bicyclic) bond motifs is 13. The van der Waals surface area contributed by atoms with E-state index in [0.29, 0.717) is 0 Å². The Bertz CT molecular complexity index is 3490. The Kier molecular flexibility index (Phi) is 7.38. The number of benzene rings is 7. The van der Waals surface area contributed by atoms with Crippen molar-refractivity contribution in [2.45, 2.75) is 96.8 Å². The van der Waals surface area contributed by atoms with Gasteiger partial charge in [0.25, 0.3) is 0 Å². The third kappa shape index (κ3) is 4.91. The molecule has 0 saturated heterocycles. The minimum Gasteiger partial charge on any atom is -0.456 e. The number of nitrogens with zero attached hydrogens (tertiary/aromatic N) is 2. The monoisotopic (exact) mass is 832 g/mol. The normalized spacial score (nSPS) is 17.3. The first kappa shape index (κ1) is 38.0. The maximum atomic E-state index is 7.69. The Labute approximate surface area is 376 Å². The van der Waals surface area contributed by atoms with E-state index >= 15 is 0 Å². The van der Waals surface area contributed by atoms with Gasteiger partial charge in [0.15, 0.2) is 0 Å². The molecule has 13 rings (SSSR count). The minimum absolute atomic E-state index is 0.0137. The van der Waals surface area contributed by atoms with Gasteiger partial charge in [0.1, 0.15) is 16.7 Å². The molecule has 0 unspecified atom stereocenters. The molecule has 5 heteroatoms. The van der Waals surface area contributed by atoms with E-state index in [1.54, 1.807) is 0 Å². The Hall–Kier alpha value is -6.46. The second-order valence-electron chi connectivity index (χ2n) is 21.9. The van der Waals surface area contributed by atoms with Crippen molar-refractivity contribution in [2.75, 3.05) is 9.71 Å². The Morgan fingerprint density at radius 2 is 1.22 bits per heavy atom. The quantitative estimate of drug-likeness (QED) is 0.162. The molecule has 0 spiro atoms. The predicted molar refractivity (Wildman–Crippen MR) is 269 cm³/mol. The average molecular weight is 833 g/mol. The highest BCUT2D eigenvalue weighted by Crippen LogP contribution is 2.59. The lowest BCUT2D eigenvalue weighted by Crippen LogP contribution is -2.62. The van der Waals surface area contributed by atoms with Crippen LogP contribution in [0, 0.1) is 0 Å². The SMILES string of the molecule is CC(C)(C)c1ccc(N2c3oc4cc5c(cc4c3B3c4c(cc6oc7ccccc7c6c42)-c2cccc4c2N3c2ccccc2C4(C)C)C(C)(C)CCC5(C)C)c(-c2ccccc2)c1. The number of para-hydroxylation sites is 3. The molecule has 4 aliphatic rings. The van der Waals surface area contributed by atoms with Gasteiger partial charge < -0.3 is 13.6 Å². The number of rotatable bonds is 2. The number of hydrogen-bond acceptors (Lipinski definition) is 4. The van der Waals surface area contributed by atoms with Crippen molar-refractivity contribution in [3.63, 3.8) is 0 Å². The van der Waals surface area contributed by atoms with E-state index in [-0.39, 0.29) is 28.5 Å². The van der Waals surface area contributed by atoms with Crippen molar-refractivity contribution in [3.8, 4) is 22.3 Å². The summed E-state index contributed by atoms with van der Waals surface area (Å²) in [6, 6.07) is 50.1. The number of furan rings is 2. The highest BCUT2D eigenvalue weighted by molar-refractivity contribution is 6.95. The van der Waals surface area contributed by atoms with Gasteiger partial charge in [-0.25, -0.2) is 0 Å². The van der Waals surface area contributed by atoms with Gasteiger partial charge in [0.05, 0.1) is 16.8 Å². The van der Waals surface area contributed by atoms with Crippen LogP contribution in [0.5, 0.6) is 0 Å². The molecule has 0 fully saturated rings. The lowest BCUT2D eigenvalue weighted by molar-refractivity contribution is 0.332. The van der Waals surface area contributed by atoms with Crippen molar-refractivity contribution in [2.24, 2.45) is 0 Å². The lowest BCUT2D eigenvalue weighted by Gasteiger charge is -2.50. The predicted octanol–water partition coefficient (Wildman–Crippen LogP) is 15.0. The largest absolute Gasteiger partial charge is 0.456 e. The molecule has 2 aromatic heterocycles. The van der Waals surface area contributed by atoms with Gasteiger partial charge >= 0.3 is 6.85 Å². The van der Waals surface area contributed by atoms with Gasteiger partial charge in [-0.1, -0.05) is 153 Å². The van der Waals surface area contributed by atoms with Crippen LogP contribution < -0.4 is 20.6 Å². The van der Waals surface area contributed by atoms with Crippen LogP contribution in [0.25, 0.3) is 55.2 Å². The Balaban J connectivity index is 1.26. The van der Waals surface area contributed by atoms with E-state index in [9.17, 15) is 0 Å². The van der Waals surface area contributed by atoms with E-state index in [0.717, 1.165) is 57.6 Å². The number of anilines is 5. The van der Waals surface area contributed by atoms with Crippen LogP contribution >= 0.6 is 0 Å². The van der Waals surface area contributed by atoms with E-state index < -0.39 is 0 Å². The van der Waals surface area contributed by atoms with Gasteiger partial charge in [-0.15, -0.1) is 0 Å². The zero-order valence-corrected chi connectivity index (χ0v) is 38.4. The molecule has 3 aliphatic heterocycles. The van der Waals surface area contributed by atoms with Gasteiger partial charge in [-0.2, -0.15) is 0 Å². The van der Waals surface area contributed by atoms with Crippen LogP contribution in [0.3, 0.4) is 0 Å². The summed E-state index contributed by atoms with van der Waals surface area (Å²) in [5.74, 6) is 0.873. The molecule has 5 heterocycles. The van der Waals surface area contributed by atoms with Crippen molar-refractivity contribution in [3.05, 3.63) is 161 Å². The van der Waals surface area contributed by atoms with Crippen molar-refractivity contribution >= 4 is 79.3 Å². The first-order valence-electron chi connectivity index (χ1n) is 23.3. The van der Waals surface area contributed by atoms with Crippen LogP contribution in [0.2, 0.25) is 0 Å². The summed E-state index contributed by atoms with van der Waals surface area (Å²) in [5.41, 5.74) is 21.3. The summed E-state index contributed by atoms with van der Waals surface area (Å²) in [6.07, 6.45) is 2.27. The molecule has 0 amide bonds. The maximum absolute atomic E-state index is 7.69. The highest BCUT2D eigenvalue weighted by Gasteiger charge is 2.53. The third-order valence-electron chi connectivity index (χ3n) is 15.9. The van der Waals surface area contributed by atoms with Gasteiger partial charge in [0, 0.05) is 44.2 Å². The Morgan fingerprint density at radius 3 is 2.00 bits per heavy atom. The van der Waals surface area contributed by atoms with Gasteiger partial charge in [-0.3, -0.25) is 4.90 Å². The summed E-state index contributed by atoms with van der Waals surface area (Å²) < 4.78 is 14.7. The standard InChI is InChI=1S/C59H53BN2O2/c1-56(2,3)35-26-27-45(38(30-35)34-18-11-10-12-19-34)61-54-50-37-20-13-16-25-47(37)63-49(50)32-39-36-21-17-23-42-53(36)62(46-24-15-14-22-41(46)59(42,8)9)60(51(39)54)52-40-31-43-44(33-48(40)64-55(52)61)58(6,7)29-28-57(43,4)5/h10-27,30-33H,28-29H2,1-9H3. The molecule has 0 bridgehead atoms. The third-order valence-corrected chi connectivity index (χ3v) is 15.9. The van der Waals surface area contributed by atoms with Crippen LogP contribution in [0.1, 0.15) is 103 Å². The van der Waals surface area contributed by atoms with Crippen molar-refractivity contribution in [1.29, 1.82) is 0 Å². The van der Waals surface area contributed by atoms with Gasteiger partial charge in [0.2, 0.25) is 5.88 Å². The summed E-state index contributed by atoms with van der Waals surface area (Å²) in [4.78, 5) is 5.21. The molecule has 7 aromatic carbocycles. The van der Waals surface area contributed by atoms with E-state index in [4.69, 9.17) is 8.83 Å². The summed E-state index contributed by atoms with van der Waals surface area (Å²) in [5, 5.41) is 3.40. The molecule has 0 saturated carbocycles. The van der Waals surface area contributed by atoms with Crippen LogP contribution in [0.15, 0.2) is 142 Å². The van der Waals surface area contributed by atoms with E-state index in [1.807, 2.05) is 0 Å².